The van der Waals surface area contributed by atoms with Crippen LogP contribution in [0.2, 0.25) is 0 Å². The lowest BCUT2D eigenvalue weighted by Gasteiger charge is -2.46. The summed E-state index contributed by atoms with van der Waals surface area (Å²) in [7, 11) is 1.66. The van der Waals surface area contributed by atoms with Gasteiger partial charge in [-0.1, -0.05) is 0 Å². The van der Waals surface area contributed by atoms with Crippen molar-refractivity contribution in [3.8, 4) is 11.5 Å². The number of fused-ring (bicyclic) bond motifs is 4. The Bertz CT molecular complexity index is 537. The van der Waals surface area contributed by atoms with Gasteiger partial charge in [-0.05, 0) is 47.2 Å². The molecule has 2 bridgehead atoms. The Kier molecular flexibility index (Phi) is 2.67. The third-order valence-corrected chi connectivity index (χ3v) is 4.07. The third-order valence-electron chi connectivity index (χ3n) is 3.26. The number of benzene rings is 1. The molecule has 0 saturated carbocycles. The Morgan fingerprint density at radius 1 is 1.56 bits per heavy atom. The summed E-state index contributed by atoms with van der Waals surface area (Å²) in [5.41, 5.74) is 0.624. The number of methoxy groups -OCH3 is 1. The fraction of sp³-hybridized carbons (Fsp3) is 0.417. The molecular formula is C12H13BrN2O2S. The zero-order valence-electron chi connectivity index (χ0n) is 10.0. The van der Waals surface area contributed by atoms with E-state index in [0.717, 1.165) is 28.0 Å². The van der Waals surface area contributed by atoms with E-state index in [1.54, 1.807) is 7.11 Å². The standard InChI is InChI=1S/C12H13BrN2O2S/c1-12-5-9(14-11(18)15-12)7-3-6(16-2)4-8(13)10(7)17-12/h3-4,9H,5H2,1-2H3,(H2,14,15,18). The maximum Gasteiger partial charge on any atom is 0.181 e. The molecule has 2 N–H and O–H groups in total. The van der Waals surface area contributed by atoms with E-state index in [1.807, 2.05) is 19.1 Å². The number of ether oxygens (including phenoxy) is 2. The van der Waals surface area contributed by atoms with Gasteiger partial charge in [0.1, 0.15) is 11.5 Å². The number of rotatable bonds is 1. The Morgan fingerprint density at radius 3 is 3.06 bits per heavy atom. The van der Waals surface area contributed by atoms with Crippen molar-refractivity contribution in [1.82, 2.24) is 10.6 Å². The molecule has 6 heteroatoms. The predicted molar refractivity (Wildman–Crippen MR) is 76.0 cm³/mol. The van der Waals surface area contributed by atoms with Crippen LogP contribution in [0.4, 0.5) is 0 Å². The van der Waals surface area contributed by atoms with Crippen molar-refractivity contribution in [2.75, 3.05) is 7.11 Å². The smallest absolute Gasteiger partial charge is 0.181 e. The van der Waals surface area contributed by atoms with Crippen LogP contribution < -0.4 is 20.1 Å². The normalized spacial score (nSPS) is 28.6. The van der Waals surface area contributed by atoms with Gasteiger partial charge in [0, 0.05) is 12.0 Å². The molecule has 0 radical (unpaired) electrons. The summed E-state index contributed by atoms with van der Waals surface area (Å²) in [6.45, 7) is 2.01. The highest BCUT2D eigenvalue weighted by molar-refractivity contribution is 9.10. The van der Waals surface area contributed by atoms with Crippen molar-refractivity contribution in [1.29, 1.82) is 0 Å². The molecule has 4 nitrogen and oxygen atoms in total. The first-order valence-electron chi connectivity index (χ1n) is 5.66. The monoisotopic (exact) mass is 328 g/mol. The molecule has 96 valence electrons. The van der Waals surface area contributed by atoms with E-state index < -0.39 is 5.72 Å². The van der Waals surface area contributed by atoms with Crippen LogP contribution in [-0.4, -0.2) is 17.9 Å². The Balaban J connectivity index is 2.13. The van der Waals surface area contributed by atoms with Gasteiger partial charge in [0.2, 0.25) is 0 Å². The van der Waals surface area contributed by atoms with Gasteiger partial charge in [-0.2, -0.15) is 0 Å². The fourth-order valence-corrected chi connectivity index (χ4v) is 3.37. The molecule has 2 heterocycles. The van der Waals surface area contributed by atoms with Crippen LogP contribution in [0.15, 0.2) is 16.6 Å². The molecule has 1 aromatic carbocycles. The summed E-state index contributed by atoms with van der Waals surface area (Å²) in [5.74, 6) is 1.65. The van der Waals surface area contributed by atoms with Gasteiger partial charge in [0.25, 0.3) is 0 Å². The molecule has 2 aliphatic rings. The molecule has 3 rings (SSSR count). The fourth-order valence-electron chi connectivity index (χ4n) is 2.48. The number of hydrogen-bond acceptors (Lipinski definition) is 3. The van der Waals surface area contributed by atoms with Gasteiger partial charge < -0.3 is 20.1 Å². The van der Waals surface area contributed by atoms with E-state index in [-0.39, 0.29) is 6.04 Å². The lowest BCUT2D eigenvalue weighted by molar-refractivity contribution is 0.0241. The van der Waals surface area contributed by atoms with Crippen molar-refractivity contribution in [3.05, 3.63) is 22.2 Å². The van der Waals surface area contributed by atoms with Crippen LogP contribution in [0.1, 0.15) is 24.9 Å². The number of halogens is 1. The van der Waals surface area contributed by atoms with Gasteiger partial charge in [-0.15, -0.1) is 0 Å². The molecule has 2 atom stereocenters. The van der Waals surface area contributed by atoms with Crippen LogP contribution >= 0.6 is 28.1 Å². The Morgan fingerprint density at radius 2 is 2.33 bits per heavy atom. The first kappa shape index (κ1) is 12.0. The molecule has 0 aromatic heterocycles. The van der Waals surface area contributed by atoms with E-state index in [4.69, 9.17) is 21.7 Å². The zero-order valence-corrected chi connectivity index (χ0v) is 12.4. The summed E-state index contributed by atoms with van der Waals surface area (Å²) in [6.07, 6.45) is 0.819. The summed E-state index contributed by atoms with van der Waals surface area (Å²) in [4.78, 5) is 0. The highest BCUT2D eigenvalue weighted by Crippen LogP contribution is 2.46. The predicted octanol–water partition coefficient (Wildman–Crippen LogP) is 2.48. The Labute approximate surface area is 119 Å². The van der Waals surface area contributed by atoms with Crippen molar-refractivity contribution in [3.63, 3.8) is 0 Å². The number of nitrogens with one attached hydrogen (secondary N) is 2. The molecule has 1 saturated heterocycles. The molecule has 1 aromatic rings. The number of hydrogen-bond donors (Lipinski definition) is 2. The van der Waals surface area contributed by atoms with Gasteiger partial charge in [0.05, 0.1) is 17.6 Å². The van der Waals surface area contributed by atoms with E-state index in [1.165, 1.54) is 0 Å². The quantitative estimate of drug-likeness (QED) is 0.775. The summed E-state index contributed by atoms with van der Waals surface area (Å²) >= 11 is 8.74. The minimum Gasteiger partial charge on any atom is -0.497 e. The minimum atomic E-state index is -0.447. The molecule has 0 aliphatic carbocycles. The second kappa shape index (κ2) is 3.99. The first-order chi connectivity index (χ1) is 8.50. The van der Waals surface area contributed by atoms with Crippen LogP contribution in [0.3, 0.4) is 0 Å². The third kappa shape index (κ3) is 1.83. The van der Waals surface area contributed by atoms with Crippen molar-refractivity contribution in [2.45, 2.75) is 25.1 Å². The summed E-state index contributed by atoms with van der Waals surface area (Å²) in [5, 5.41) is 7.06. The minimum absolute atomic E-state index is 0.152. The van der Waals surface area contributed by atoms with Gasteiger partial charge in [-0.25, -0.2) is 0 Å². The van der Waals surface area contributed by atoms with E-state index in [2.05, 4.69) is 26.6 Å². The molecule has 2 unspecified atom stereocenters. The van der Waals surface area contributed by atoms with E-state index in [9.17, 15) is 0 Å². The topological polar surface area (TPSA) is 42.5 Å². The van der Waals surface area contributed by atoms with Gasteiger partial charge in [-0.3, -0.25) is 0 Å². The van der Waals surface area contributed by atoms with Crippen molar-refractivity contribution in [2.24, 2.45) is 0 Å². The van der Waals surface area contributed by atoms with Crippen LogP contribution in [0.5, 0.6) is 11.5 Å². The van der Waals surface area contributed by atoms with Gasteiger partial charge >= 0.3 is 0 Å². The van der Waals surface area contributed by atoms with Crippen LogP contribution in [-0.2, 0) is 0 Å². The second-order valence-electron chi connectivity index (χ2n) is 4.72. The summed E-state index contributed by atoms with van der Waals surface area (Å²) in [6, 6.07) is 4.05. The lowest BCUT2D eigenvalue weighted by Crippen LogP contribution is -2.62. The van der Waals surface area contributed by atoms with E-state index in [0.29, 0.717) is 5.11 Å². The zero-order chi connectivity index (χ0) is 12.9. The van der Waals surface area contributed by atoms with Crippen molar-refractivity contribution < 1.29 is 9.47 Å². The first-order valence-corrected chi connectivity index (χ1v) is 6.86. The largest absolute Gasteiger partial charge is 0.497 e. The van der Waals surface area contributed by atoms with E-state index >= 15 is 0 Å². The highest BCUT2D eigenvalue weighted by atomic mass is 79.9. The lowest BCUT2D eigenvalue weighted by atomic mass is 9.92. The average molecular weight is 329 g/mol. The molecule has 2 aliphatic heterocycles. The molecule has 18 heavy (non-hydrogen) atoms. The molecule has 0 amide bonds. The Hall–Kier alpha value is -1.01. The maximum atomic E-state index is 6.05. The molecular weight excluding hydrogens is 316 g/mol. The molecule has 0 spiro atoms. The molecule has 1 fully saturated rings. The maximum absolute atomic E-state index is 6.05. The van der Waals surface area contributed by atoms with Crippen LogP contribution in [0.25, 0.3) is 0 Å². The summed E-state index contributed by atoms with van der Waals surface area (Å²) < 4.78 is 12.2. The SMILES string of the molecule is COc1cc(Br)c2c(c1)C1CC(C)(NC(=S)N1)O2. The van der Waals surface area contributed by atoms with Gasteiger partial charge in [0.15, 0.2) is 10.8 Å². The average Bonchev–Trinajstić information content (AvgIpc) is 2.29. The highest BCUT2D eigenvalue weighted by Gasteiger charge is 2.43. The van der Waals surface area contributed by atoms with Crippen LogP contribution in [0, 0.1) is 0 Å². The second-order valence-corrected chi connectivity index (χ2v) is 5.98. The van der Waals surface area contributed by atoms with Crippen molar-refractivity contribution >= 4 is 33.3 Å². The number of thiocarbonyl (C=S) groups is 1.